The van der Waals surface area contributed by atoms with E-state index in [0.29, 0.717) is 0 Å². The Morgan fingerprint density at radius 1 is 0.344 bits per heavy atom. The van der Waals surface area contributed by atoms with Crippen molar-refractivity contribution in [3.63, 3.8) is 0 Å². The molecular formula is C32H50. The summed E-state index contributed by atoms with van der Waals surface area (Å²) in [5.74, 6) is 0. The van der Waals surface area contributed by atoms with E-state index in [0.717, 1.165) is 0 Å². The molecule has 2 aromatic carbocycles. The molecule has 0 heteroatoms. The Hall–Kier alpha value is -1.56. The maximum Gasteiger partial charge on any atom is -0.0184 e. The molecule has 0 saturated carbocycles. The largest absolute Gasteiger partial charge is 0.0654 e. The third-order valence-corrected chi connectivity index (χ3v) is 6.88. The molecule has 0 nitrogen and oxygen atoms in total. The third kappa shape index (κ3) is 11.9. The van der Waals surface area contributed by atoms with Gasteiger partial charge < -0.3 is 0 Å². The molecule has 0 amide bonds. The lowest BCUT2D eigenvalue weighted by atomic mass is 9.98. The van der Waals surface area contributed by atoms with Gasteiger partial charge in [0.25, 0.3) is 0 Å². The highest BCUT2D eigenvalue weighted by Gasteiger charge is 2.01. The summed E-state index contributed by atoms with van der Waals surface area (Å²) >= 11 is 0. The first-order valence-corrected chi connectivity index (χ1v) is 14.0. The topological polar surface area (TPSA) is 0 Å². The molecule has 0 fully saturated rings. The van der Waals surface area contributed by atoms with Crippen molar-refractivity contribution < 1.29 is 0 Å². The van der Waals surface area contributed by atoms with Crippen molar-refractivity contribution in [2.45, 2.75) is 129 Å². The minimum Gasteiger partial charge on any atom is -0.0654 e. The Kier molecular flexibility index (Phi) is 15.0. The van der Waals surface area contributed by atoms with Crippen molar-refractivity contribution in [1.29, 1.82) is 0 Å². The van der Waals surface area contributed by atoms with E-state index < -0.39 is 0 Å². The molecule has 178 valence electrons. The van der Waals surface area contributed by atoms with Gasteiger partial charge in [-0.1, -0.05) is 152 Å². The smallest absolute Gasteiger partial charge is 0.0184 e. The average molecular weight is 435 g/mol. The number of aryl methyl sites for hydroxylation is 2. The monoisotopic (exact) mass is 434 g/mol. The van der Waals surface area contributed by atoms with E-state index in [1.807, 2.05) is 0 Å². The van der Waals surface area contributed by atoms with Gasteiger partial charge in [0.05, 0.1) is 0 Å². The number of hydrogen-bond acceptors (Lipinski definition) is 0. The van der Waals surface area contributed by atoms with Crippen LogP contribution in [0.2, 0.25) is 0 Å². The Bertz CT molecular complexity index is 603. The highest BCUT2D eigenvalue weighted by molar-refractivity contribution is 5.63. The van der Waals surface area contributed by atoms with Crippen LogP contribution in [0.3, 0.4) is 0 Å². The molecule has 0 atom stereocenters. The zero-order chi connectivity index (χ0) is 22.7. The van der Waals surface area contributed by atoms with E-state index in [4.69, 9.17) is 0 Å². The van der Waals surface area contributed by atoms with Gasteiger partial charge in [-0.05, 0) is 47.9 Å². The molecule has 0 N–H and O–H groups in total. The molecule has 0 saturated heterocycles. The second-order valence-corrected chi connectivity index (χ2v) is 9.84. The van der Waals surface area contributed by atoms with E-state index in [2.05, 4.69) is 62.4 Å². The van der Waals surface area contributed by atoms with Crippen LogP contribution in [-0.4, -0.2) is 0 Å². The van der Waals surface area contributed by atoms with Crippen LogP contribution >= 0.6 is 0 Å². The van der Waals surface area contributed by atoms with Gasteiger partial charge in [-0.25, -0.2) is 0 Å². The Labute approximate surface area is 200 Å². The first-order valence-electron chi connectivity index (χ1n) is 14.0. The fourth-order valence-corrected chi connectivity index (χ4v) is 4.65. The average Bonchev–Trinajstić information content (AvgIpc) is 2.83. The maximum atomic E-state index is 2.34. The molecule has 0 unspecified atom stereocenters. The number of rotatable bonds is 19. The quantitative estimate of drug-likeness (QED) is 0.193. The number of unbranched alkanes of at least 4 members (excludes halogenated alkanes) is 14. The second-order valence-electron chi connectivity index (χ2n) is 9.84. The van der Waals surface area contributed by atoms with Crippen LogP contribution < -0.4 is 0 Å². The van der Waals surface area contributed by atoms with Gasteiger partial charge in [-0.3, -0.25) is 0 Å². The summed E-state index contributed by atoms with van der Waals surface area (Å²) in [7, 11) is 0. The van der Waals surface area contributed by atoms with Crippen molar-refractivity contribution in [2.24, 2.45) is 0 Å². The standard InChI is InChI=1S/C32H50/c1-3-5-7-9-11-13-15-17-19-29-21-25-31(26-22-29)32-27-23-30(24-28-32)20-18-16-14-12-10-8-6-4-2/h21-28H,3-20H2,1-2H3. The zero-order valence-corrected chi connectivity index (χ0v) is 21.3. The summed E-state index contributed by atoms with van der Waals surface area (Å²) in [6.07, 6.45) is 24.8. The summed E-state index contributed by atoms with van der Waals surface area (Å²) in [5, 5.41) is 0. The van der Waals surface area contributed by atoms with Crippen LogP contribution in [-0.2, 0) is 12.8 Å². The molecule has 0 aliphatic carbocycles. The first kappa shape index (κ1) is 26.7. The van der Waals surface area contributed by atoms with E-state index >= 15 is 0 Å². The molecule has 0 aliphatic heterocycles. The van der Waals surface area contributed by atoms with Crippen LogP contribution in [0, 0.1) is 0 Å². The van der Waals surface area contributed by atoms with Gasteiger partial charge in [0.1, 0.15) is 0 Å². The summed E-state index contributed by atoms with van der Waals surface area (Å²) < 4.78 is 0. The Balaban J connectivity index is 1.61. The Morgan fingerprint density at radius 2 is 0.625 bits per heavy atom. The first-order chi connectivity index (χ1) is 15.8. The fourth-order valence-electron chi connectivity index (χ4n) is 4.65. The molecular weight excluding hydrogens is 384 g/mol. The maximum absolute atomic E-state index is 2.34. The van der Waals surface area contributed by atoms with Gasteiger partial charge in [-0.15, -0.1) is 0 Å². The van der Waals surface area contributed by atoms with E-state index in [1.54, 1.807) is 0 Å². The molecule has 0 aliphatic rings. The normalized spacial score (nSPS) is 11.2. The number of benzene rings is 2. The van der Waals surface area contributed by atoms with Gasteiger partial charge in [0.2, 0.25) is 0 Å². The van der Waals surface area contributed by atoms with Crippen molar-refractivity contribution in [3.8, 4) is 11.1 Å². The van der Waals surface area contributed by atoms with E-state index in [1.165, 1.54) is 138 Å². The molecule has 32 heavy (non-hydrogen) atoms. The minimum atomic E-state index is 1.23. The molecule has 0 spiro atoms. The summed E-state index contributed by atoms with van der Waals surface area (Å²) in [6, 6.07) is 18.6. The summed E-state index contributed by atoms with van der Waals surface area (Å²) in [5.41, 5.74) is 5.68. The van der Waals surface area contributed by atoms with Crippen molar-refractivity contribution >= 4 is 0 Å². The van der Waals surface area contributed by atoms with Crippen LogP contribution in [0.4, 0.5) is 0 Å². The van der Waals surface area contributed by atoms with Gasteiger partial charge in [0.15, 0.2) is 0 Å². The van der Waals surface area contributed by atoms with Crippen LogP contribution in [0.5, 0.6) is 0 Å². The number of hydrogen-bond donors (Lipinski definition) is 0. The zero-order valence-electron chi connectivity index (χ0n) is 21.3. The lowest BCUT2D eigenvalue weighted by Crippen LogP contribution is -1.89. The SMILES string of the molecule is CCCCCCCCCCc1ccc(-c2ccc(CCCCCCCCCC)cc2)cc1. The molecule has 0 radical (unpaired) electrons. The van der Waals surface area contributed by atoms with Gasteiger partial charge in [-0.2, -0.15) is 0 Å². The van der Waals surface area contributed by atoms with Crippen molar-refractivity contribution in [3.05, 3.63) is 59.7 Å². The van der Waals surface area contributed by atoms with Crippen LogP contribution in [0.15, 0.2) is 48.5 Å². The third-order valence-electron chi connectivity index (χ3n) is 6.88. The molecule has 0 bridgehead atoms. The molecule has 0 heterocycles. The minimum absolute atomic E-state index is 1.23. The Morgan fingerprint density at radius 3 is 0.938 bits per heavy atom. The van der Waals surface area contributed by atoms with E-state index in [9.17, 15) is 0 Å². The van der Waals surface area contributed by atoms with Gasteiger partial charge in [0, 0.05) is 0 Å². The van der Waals surface area contributed by atoms with Crippen LogP contribution in [0.1, 0.15) is 128 Å². The highest BCUT2D eigenvalue weighted by Crippen LogP contribution is 2.22. The fraction of sp³-hybridized carbons (Fsp3) is 0.625. The van der Waals surface area contributed by atoms with E-state index in [-0.39, 0.29) is 0 Å². The van der Waals surface area contributed by atoms with Crippen molar-refractivity contribution in [2.75, 3.05) is 0 Å². The van der Waals surface area contributed by atoms with Gasteiger partial charge >= 0.3 is 0 Å². The highest BCUT2D eigenvalue weighted by atomic mass is 14.1. The van der Waals surface area contributed by atoms with Crippen LogP contribution in [0.25, 0.3) is 11.1 Å². The van der Waals surface area contributed by atoms with Crippen molar-refractivity contribution in [1.82, 2.24) is 0 Å². The molecule has 2 rings (SSSR count). The lowest BCUT2D eigenvalue weighted by molar-refractivity contribution is 0.575. The predicted octanol–water partition coefficient (Wildman–Crippen LogP) is 10.7. The second kappa shape index (κ2) is 17.9. The molecule has 0 aromatic heterocycles. The summed E-state index contributed by atoms with van der Waals surface area (Å²) in [4.78, 5) is 0. The summed E-state index contributed by atoms with van der Waals surface area (Å²) in [6.45, 7) is 4.58. The molecule has 2 aromatic rings. The lowest BCUT2D eigenvalue weighted by Gasteiger charge is -2.07. The predicted molar refractivity (Wildman–Crippen MR) is 145 cm³/mol.